The Bertz CT molecular complexity index is 1220. The van der Waals surface area contributed by atoms with Gasteiger partial charge in [-0.2, -0.15) is 0 Å². The fourth-order valence-corrected chi connectivity index (χ4v) is 3.31. The molecule has 0 unspecified atom stereocenters. The monoisotopic (exact) mass is 376 g/mol. The molecule has 0 aliphatic carbocycles. The summed E-state index contributed by atoms with van der Waals surface area (Å²) in [5.41, 5.74) is 2.79. The van der Waals surface area contributed by atoms with Crippen LogP contribution in [0, 0.1) is 18.6 Å². The summed E-state index contributed by atoms with van der Waals surface area (Å²) in [6.07, 6.45) is 1.23. The average Bonchev–Trinajstić information content (AvgIpc) is 3.09. The lowest BCUT2D eigenvalue weighted by Gasteiger charge is -2.09. The van der Waals surface area contributed by atoms with E-state index < -0.39 is 11.6 Å². The number of benzene rings is 3. The largest absolute Gasteiger partial charge is 0.455 e. The van der Waals surface area contributed by atoms with E-state index >= 15 is 4.39 Å². The molecule has 0 atom stereocenters. The first-order valence-corrected chi connectivity index (χ1v) is 8.56. The number of aldehydes is 2. The van der Waals surface area contributed by atoms with E-state index in [4.69, 9.17) is 4.42 Å². The second kappa shape index (κ2) is 6.85. The van der Waals surface area contributed by atoms with Crippen molar-refractivity contribution in [2.75, 3.05) is 0 Å². The lowest BCUT2D eigenvalue weighted by Crippen LogP contribution is -1.92. The molecule has 0 bridgehead atoms. The highest BCUT2D eigenvalue weighted by Crippen LogP contribution is 2.38. The molecular weight excluding hydrogens is 362 g/mol. The minimum absolute atomic E-state index is 0.0581. The summed E-state index contributed by atoms with van der Waals surface area (Å²) in [6.45, 7) is 1.81. The molecule has 1 aromatic heterocycles. The van der Waals surface area contributed by atoms with Crippen molar-refractivity contribution in [3.05, 3.63) is 82.9 Å². The first-order valence-electron chi connectivity index (χ1n) is 8.56. The van der Waals surface area contributed by atoms with Gasteiger partial charge >= 0.3 is 0 Å². The van der Waals surface area contributed by atoms with Crippen LogP contribution in [-0.2, 0) is 0 Å². The molecule has 3 nitrogen and oxygen atoms in total. The van der Waals surface area contributed by atoms with Crippen LogP contribution in [0.15, 0.2) is 59.0 Å². The first kappa shape index (κ1) is 17.8. The molecule has 0 saturated carbocycles. The molecule has 0 N–H and O–H groups in total. The van der Waals surface area contributed by atoms with E-state index in [1.165, 1.54) is 24.3 Å². The topological polar surface area (TPSA) is 47.3 Å². The van der Waals surface area contributed by atoms with Crippen LogP contribution in [0.1, 0.15) is 26.3 Å². The molecule has 0 aliphatic heterocycles. The van der Waals surface area contributed by atoms with Gasteiger partial charge in [-0.1, -0.05) is 12.1 Å². The van der Waals surface area contributed by atoms with E-state index in [1.54, 1.807) is 30.3 Å². The molecule has 5 heteroatoms. The van der Waals surface area contributed by atoms with Crippen LogP contribution in [-0.4, -0.2) is 12.6 Å². The van der Waals surface area contributed by atoms with Crippen LogP contribution in [0.3, 0.4) is 0 Å². The SMILES string of the molecule is Cc1ccc(C=O)cc1-c1ccc2oc(-c3ccc(F)cc3)c(C=O)c2c1F. The minimum atomic E-state index is -0.608. The summed E-state index contributed by atoms with van der Waals surface area (Å²) in [7, 11) is 0. The first-order chi connectivity index (χ1) is 13.5. The van der Waals surface area contributed by atoms with Crippen LogP contribution in [0.5, 0.6) is 0 Å². The second-order valence-electron chi connectivity index (χ2n) is 6.46. The fraction of sp³-hybridized carbons (Fsp3) is 0.0435. The van der Waals surface area contributed by atoms with Crippen molar-refractivity contribution in [1.29, 1.82) is 0 Å². The maximum Gasteiger partial charge on any atom is 0.154 e. The van der Waals surface area contributed by atoms with Gasteiger partial charge in [0.05, 0.1) is 10.9 Å². The molecular formula is C23H14F2O3. The Labute approximate surface area is 159 Å². The molecule has 0 spiro atoms. The Morgan fingerprint density at radius 2 is 1.61 bits per heavy atom. The van der Waals surface area contributed by atoms with Gasteiger partial charge in [0.25, 0.3) is 0 Å². The summed E-state index contributed by atoms with van der Waals surface area (Å²) in [4.78, 5) is 22.9. The predicted molar refractivity (Wildman–Crippen MR) is 103 cm³/mol. The second-order valence-corrected chi connectivity index (χ2v) is 6.46. The van der Waals surface area contributed by atoms with Crippen molar-refractivity contribution in [1.82, 2.24) is 0 Å². The van der Waals surface area contributed by atoms with Crippen molar-refractivity contribution < 1.29 is 22.8 Å². The van der Waals surface area contributed by atoms with Crippen LogP contribution in [0.25, 0.3) is 33.4 Å². The van der Waals surface area contributed by atoms with Gasteiger partial charge in [0, 0.05) is 16.7 Å². The number of halogens is 2. The Morgan fingerprint density at radius 3 is 2.29 bits per heavy atom. The Balaban J connectivity index is 1.98. The number of hydrogen-bond donors (Lipinski definition) is 0. The number of hydrogen-bond acceptors (Lipinski definition) is 3. The Morgan fingerprint density at radius 1 is 0.857 bits per heavy atom. The lowest BCUT2D eigenvalue weighted by atomic mass is 9.95. The molecule has 3 aromatic carbocycles. The van der Waals surface area contributed by atoms with Gasteiger partial charge in [0.15, 0.2) is 6.29 Å². The molecule has 0 saturated heterocycles. The van der Waals surface area contributed by atoms with Gasteiger partial charge in [0.1, 0.15) is 29.3 Å². The van der Waals surface area contributed by atoms with E-state index in [0.717, 1.165) is 5.56 Å². The van der Waals surface area contributed by atoms with Crippen molar-refractivity contribution in [2.45, 2.75) is 6.92 Å². The number of aryl methyl sites for hydroxylation is 1. The summed E-state index contributed by atoms with van der Waals surface area (Å²) < 4.78 is 34.4. The van der Waals surface area contributed by atoms with E-state index in [1.807, 2.05) is 6.92 Å². The van der Waals surface area contributed by atoms with Gasteiger partial charge in [-0.05, 0) is 60.5 Å². The van der Waals surface area contributed by atoms with E-state index in [0.29, 0.717) is 29.3 Å². The zero-order chi connectivity index (χ0) is 19.8. The quantitative estimate of drug-likeness (QED) is 0.412. The third kappa shape index (κ3) is 2.81. The third-order valence-corrected chi connectivity index (χ3v) is 4.74. The number of rotatable bonds is 4. The Hall–Kier alpha value is -3.60. The minimum Gasteiger partial charge on any atom is -0.455 e. The number of furan rings is 1. The van der Waals surface area contributed by atoms with Crippen molar-refractivity contribution in [3.8, 4) is 22.5 Å². The smallest absolute Gasteiger partial charge is 0.154 e. The molecule has 0 amide bonds. The van der Waals surface area contributed by atoms with Crippen molar-refractivity contribution >= 4 is 23.5 Å². The van der Waals surface area contributed by atoms with Gasteiger partial charge < -0.3 is 4.42 Å². The number of fused-ring (bicyclic) bond motifs is 1. The van der Waals surface area contributed by atoms with Crippen molar-refractivity contribution in [2.24, 2.45) is 0 Å². The highest BCUT2D eigenvalue weighted by Gasteiger charge is 2.22. The predicted octanol–water partition coefficient (Wildman–Crippen LogP) is 5.98. The molecule has 0 radical (unpaired) electrons. The summed E-state index contributed by atoms with van der Waals surface area (Å²) in [5.74, 6) is -0.853. The normalized spacial score (nSPS) is 11.0. The van der Waals surface area contributed by atoms with Gasteiger partial charge in [-0.15, -0.1) is 0 Å². The molecule has 0 fully saturated rings. The van der Waals surface area contributed by atoms with E-state index in [2.05, 4.69) is 0 Å². The van der Waals surface area contributed by atoms with Crippen LogP contribution >= 0.6 is 0 Å². The summed E-state index contributed by atoms with van der Waals surface area (Å²) in [5, 5.41) is 0.0581. The maximum atomic E-state index is 15.4. The lowest BCUT2D eigenvalue weighted by molar-refractivity contribution is 0.111. The molecule has 138 valence electrons. The van der Waals surface area contributed by atoms with Gasteiger partial charge in [0.2, 0.25) is 0 Å². The van der Waals surface area contributed by atoms with E-state index in [9.17, 15) is 14.0 Å². The molecule has 1 heterocycles. The molecule has 4 aromatic rings. The van der Waals surface area contributed by atoms with Gasteiger partial charge in [-0.3, -0.25) is 9.59 Å². The molecule has 28 heavy (non-hydrogen) atoms. The van der Waals surface area contributed by atoms with Crippen LogP contribution < -0.4 is 0 Å². The fourth-order valence-electron chi connectivity index (χ4n) is 3.31. The van der Waals surface area contributed by atoms with E-state index in [-0.39, 0.29) is 27.9 Å². The number of carbonyl (C=O) groups excluding carboxylic acids is 2. The highest BCUT2D eigenvalue weighted by molar-refractivity contribution is 6.04. The zero-order valence-electron chi connectivity index (χ0n) is 14.8. The molecule has 0 aliphatic rings. The average molecular weight is 376 g/mol. The molecule has 4 rings (SSSR count). The standard InChI is InChI=1S/C23H14F2O3/c1-13-2-3-14(11-26)10-18(13)17-8-9-20-21(22(17)25)19(12-27)23(28-20)15-4-6-16(24)7-5-15/h2-12H,1H3. The Kier molecular flexibility index (Phi) is 4.35. The van der Waals surface area contributed by atoms with Crippen molar-refractivity contribution in [3.63, 3.8) is 0 Å². The zero-order valence-corrected chi connectivity index (χ0v) is 14.8. The third-order valence-electron chi connectivity index (χ3n) is 4.74. The summed E-state index contributed by atoms with van der Waals surface area (Å²) in [6, 6.07) is 13.6. The highest BCUT2D eigenvalue weighted by atomic mass is 19.1. The van der Waals surface area contributed by atoms with Gasteiger partial charge in [-0.25, -0.2) is 8.78 Å². The summed E-state index contributed by atoms with van der Waals surface area (Å²) >= 11 is 0. The van der Waals surface area contributed by atoms with Crippen LogP contribution in [0.4, 0.5) is 8.78 Å². The number of carbonyl (C=O) groups is 2. The van der Waals surface area contributed by atoms with Crippen LogP contribution in [0.2, 0.25) is 0 Å². The maximum absolute atomic E-state index is 15.4.